The van der Waals surface area contributed by atoms with Gasteiger partial charge >= 0.3 is 0 Å². The third-order valence-electron chi connectivity index (χ3n) is 3.99. The van der Waals surface area contributed by atoms with Crippen molar-refractivity contribution in [3.05, 3.63) is 35.5 Å². The van der Waals surface area contributed by atoms with Gasteiger partial charge in [-0.1, -0.05) is 41.5 Å². The molecule has 0 amide bonds. The van der Waals surface area contributed by atoms with Crippen LogP contribution in [0.25, 0.3) is 11.3 Å². The van der Waals surface area contributed by atoms with Crippen LogP contribution in [0.3, 0.4) is 0 Å². The molecule has 2 rings (SSSR count). The quantitative estimate of drug-likeness (QED) is 0.904. The van der Waals surface area contributed by atoms with E-state index in [2.05, 4.69) is 46.6 Å². The van der Waals surface area contributed by atoms with Crippen LogP contribution < -0.4 is 0 Å². The minimum Gasteiger partial charge on any atom is -0.507 e. The van der Waals surface area contributed by atoms with Crippen LogP contribution in [0.5, 0.6) is 5.75 Å². The highest BCUT2D eigenvalue weighted by molar-refractivity contribution is 5.66. The maximum Gasteiger partial charge on any atom is 0.123 e. The van der Waals surface area contributed by atoms with Crippen molar-refractivity contribution >= 4 is 0 Å². The smallest absolute Gasteiger partial charge is 0.123 e. The van der Waals surface area contributed by atoms with E-state index in [4.69, 9.17) is 5.11 Å². The summed E-state index contributed by atoms with van der Waals surface area (Å²) in [7, 11) is 0. The Kier molecular flexibility index (Phi) is 4.58. The van der Waals surface area contributed by atoms with Crippen molar-refractivity contribution in [1.29, 1.82) is 0 Å². The molecule has 4 heteroatoms. The molecule has 0 radical (unpaired) electrons. The van der Waals surface area contributed by atoms with E-state index in [1.165, 1.54) is 0 Å². The molecule has 2 N–H and O–H groups in total. The lowest BCUT2D eigenvalue weighted by Gasteiger charge is -2.28. The highest BCUT2D eigenvalue weighted by Gasteiger charge is 2.27. The van der Waals surface area contributed by atoms with E-state index in [9.17, 15) is 5.11 Å². The molecule has 0 aliphatic carbocycles. The number of phenols is 1. The zero-order valence-electron chi connectivity index (χ0n) is 15.0. The van der Waals surface area contributed by atoms with Gasteiger partial charge in [-0.25, -0.2) is 0 Å². The van der Waals surface area contributed by atoms with E-state index < -0.39 is 0 Å². The number of aliphatic hydroxyl groups excluding tert-OH is 1. The molecule has 4 nitrogen and oxygen atoms in total. The minimum atomic E-state index is -0.159. The molecular weight excluding hydrogens is 288 g/mol. The largest absolute Gasteiger partial charge is 0.507 e. The van der Waals surface area contributed by atoms with Crippen molar-refractivity contribution in [2.24, 2.45) is 0 Å². The molecule has 2 aromatic rings. The number of aromatic nitrogens is 2. The van der Waals surface area contributed by atoms with Crippen LogP contribution in [0.15, 0.2) is 24.4 Å². The standard InChI is InChI=1S/C19H28N2O2/c1-18(2,3)14-11-13(12-15(17(14)23)19(4,5)6)16-7-8-21(20-16)9-10-22/h7-8,11-12,22-23H,9-10H2,1-6H3. The summed E-state index contributed by atoms with van der Waals surface area (Å²) in [6, 6.07) is 5.99. The van der Waals surface area contributed by atoms with E-state index in [1.54, 1.807) is 4.68 Å². The van der Waals surface area contributed by atoms with E-state index >= 15 is 0 Å². The number of rotatable bonds is 3. The Balaban J connectivity index is 2.64. The van der Waals surface area contributed by atoms with Crippen LogP contribution >= 0.6 is 0 Å². The SMILES string of the molecule is CC(C)(C)c1cc(-c2ccn(CCO)n2)cc(C(C)(C)C)c1O. The van der Waals surface area contributed by atoms with Gasteiger partial charge in [-0.15, -0.1) is 0 Å². The van der Waals surface area contributed by atoms with Crippen LogP contribution in [0.1, 0.15) is 52.7 Å². The lowest BCUT2D eigenvalue weighted by Crippen LogP contribution is -2.17. The molecule has 0 saturated heterocycles. The summed E-state index contributed by atoms with van der Waals surface area (Å²) < 4.78 is 1.73. The van der Waals surface area contributed by atoms with Crippen LogP contribution in [0.4, 0.5) is 0 Å². The summed E-state index contributed by atoms with van der Waals surface area (Å²) in [5.41, 5.74) is 3.39. The molecule has 1 aromatic heterocycles. The Morgan fingerprint density at radius 1 is 1.00 bits per heavy atom. The van der Waals surface area contributed by atoms with E-state index in [1.807, 2.05) is 24.4 Å². The number of aliphatic hydroxyl groups is 1. The fourth-order valence-corrected chi connectivity index (χ4v) is 2.67. The first-order valence-corrected chi connectivity index (χ1v) is 8.06. The molecule has 23 heavy (non-hydrogen) atoms. The van der Waals surface area contributed by atoms with E-state index in [-0.39, 0.29) is 17.4 Å². The molecule has 0 spiro atoms. The zero-order chi connectivity index (χ0) is 17.4. The number of phenolic OH excluding ortho intramolecular Hbond substituents is 1. The Labute approximate surface area is 138 Å². The minimum absolute atomic E-state index is 0.0666. The molecule has 126 valence electrons. The van der Waals surface area contributed by atoms with Gasteiger partial charge in [0.2, 0.25) is 0 Å². The van der Waals surface area contributed by atoms with Gasteiger partial charge in [0.15, 0.2) is 0 Å². The van der Waals surface area contributed by atoms with Gasteiger partial charge in [-0.05, 0) is 29.0 Å². The van der Waals surface area contributed by atoms with Gasteiger partial charge in [0.1, 0.15) is 5.75 Å². The molecule has 0 atom stereocenters. The molecule has 0 fully saturated rings. The van der Waals surface area contributed by atoms with Crippen molar-refractivity contribution < 1.29 is 10.2 Å². The molecule has 0 bridgehead atoms. The summed E-state index contributed by atoms with van der Waals surface area (Å²) in [5.74, 6) is 0.378. The third kappa shape index (κ3) is 3.75. The number of nitrogens with zero attached hydrogens (tertiary/aromatic N) is 2. The molecule has 0 unspecified atom stereocenters. The maximum atomic E-state index is 10.8. The van der Waals surface area contributed by atoms with Crippen LogP contribution in [0.2, 0.25) is 0 Å². The summed E-state index contributed by atoms with van der Waals surface area (Å²) in [6.45, 7) is 13.1. The fourth-order valence-electron chi connectivity index (χ4n) is 2.67. The molecule has 0 saturated carbocycles. The highest BCUT2D eigenvalue weighted by atomic mass is 16.3. The summed E-state index contributed by atoms with van der Waals surface area (Å²) in [6.07, 6.45) is 1.87. The lowest BCUT2D eigenvalue weighted by atomic mass is 9.78. The van der Waals surface area contributed by atoms with Crippen LogP contribution in [-0.4, -0.2) is 26.6 Å². The average molecular weight is 316 g/mol. The highest BCUT2D eigenvalue weighted by Crippen LogP contribution is 2.41. The van der Waals surface area contributed by atoms with Gasteiger partial charge in [0.05, 0.1) is 18.8 Å². The predicted molar refractivity (Wildman–Crippen MR) is 93.8 cm³/mol. The van der Waals surface area contributed by atoms with E-state index in [0.717, 1.165) is 22.4 Å². The zero-order valence-corrected chi connectivity index (χ0v) is 15.0. The summed E-state index contributed by atoms with van der Waals surface area (Å²) in [4.78, 5) is 0. The van der Waals surface area contributed by atoms with Gasteiger partial charge in [-0.2, -0.15) is 5.10 Å². The van der Waals surface area contributed by atoms with Gasteiger partial charge in [0.25, 0.3) is 0 Å². The Morgan fingerprint density at radius 2 is 1.52 bits per heavy atom. The summed E-state index contributed by atoms with van der Waals surface area (Å²) >= 11 is 0. The molecule has 0 aliphatic rings. The first-order valence-electron chi connectivity index (χ1n) is 8.06. The first kappa shape index (κ1) is 17.5. The second-order valence-corrected chi connectivity index (χ2v) is 8.11. The first-order chi connectivity index (χ1) is 10.5. The molecule has 1 heterocycles. The number of hydrogen-bond acceptors (Lipinski definition) is 3. The van der Waals surface area contributed by atoms with Crippen LogP contribution in [0, 0.1) is 0 Å². The maximum absolute atomic E-state index is 10.8. The number of hydrogen-bond donors (Lipinski definition) is 2. The molecule has 1 aromatic carbocycles. The fraction of sp³-hybridized carbons (Fsp3) is 0.526. The van der Waals surface area contributed by atoms with E-state index in [0.29, 0.717) is 12.3 Å². The van der Waals surface area contributed by atoms with Crippen LogP contribution in [-0.2, 0) is 17.4 Å². The summed E-state index contributed by atoms with van der Waals surface area (Å²) in [5, 5.41) is 24.3. The van der Waals surface area contributed by atoms with Gasteiger partial charge in [0, 0.05) is 22.9 Å². The van der Waals surface area contributed by atoms with Crippen molar-refractivity contribution in [2.45, 2.75) is 58.9 Å². The van der Waals surface area contributed by atoms with Gasteiger partial charge in [-0.3, -0.25) is 4.68 Å². The van der Waals surface area contributed by atoms with Gasteiger partial charge < -0.3 is 10.2 Å². The lowest BCUT2D eigenvalue weighted by molar-refractivity contribution is 0.269. The van der Waals surface area contributed by atoms with Crippen molar-refractivity contribution in [1.82, 2.24) is 9.78 Å². The molecular formula is C19H28N2O2. The monoisotopic (exact) mass is 316 g/mol. The number of aromatic hydroxyl groups is 1. The van der Waals surface area contributed by atoms with Crippen molar-refractivity contribution in [3.8, 4) is 17.0 Å². The Bertz CT molecular complexity index is 653. The Morgan fingerprint density at radius 3 is 1.96 bits per heavy atom. The average Bonchev–Trinajstić information content (AvgIpc) is 2.85. The van der Waals surface area contributed by atoms with Crippen molar-refractivity contribution in [3.63, 3.8) is 0 Å². The number of benzene rings is 1. The molecule has 0 aliphatic heterocycles. The van der Waals surface area contributed by atoms with Crippen molar-refractivity contribution in [2.75, 3.05) is 6.61 Å². The Hall–Kier alpha value is -1.81. The second kappa shape index (κ2) is 6.00. The second-order valence-electron chi connectivity index (χ2n) is 8.11. The third-order valence-corrected chi connectivity index (χ3v) is 3.99. The topological polar surface area (TPSA) is 58.3 Å². The normalized spacial score (nSPS) is 12.7. The predicted octanol–water partition coefficient (Wildman–Crippen LogP) is 3.84.